The molecule has 3 aromatic rings. The topological polar surface area (TPSA) is 111 Å². The minimum absolute atomic E-state index is 0.0596. The Morgan fingerprint density at radius 2 is 2.31 bits per heavy atom. The fraction of sp³-hybridized carbons (Fsp3) is 0.353. The average molecular weight is 367 g/mol. The number of hydrogen-bond donors (Lipinski definition) is 2. The van der Waals surface area contributed by atoms with Crippen molar-refractivity contribution in [1.29, 1.82) is 5.26 Å². The Kier molecular flexibility index (Phi) is 4.60. The zero-order chi connectivity index (χ0) is 17.9. The fourth-order valence-electron chi connectivity index (χ4n) is 3.00. The number of anilines is 3. The molecular weight excluding hydrogens is 350 g/mol. The van der Waals surface area contributed by atoms with Crippen LogP contribution in [0, 0.1) is 17.2 Å². The van der Waals surface area contributed by atoms with E-state index in [0.29, 0.717) is 17.3 Å². The molecule has 1 fully saturated rings. The molecule has 0 aromatic carbocycles. The van der Waals surface area contributed by atoms with Gasteiger partial charge >= 0.3 is 0 Å². The quantitative estimate of drug-likeness (QED) is 0.723. The van der Waals surface area contributed by atoms with Gasteiger partial charge in [-0.1, -0.05) is 11.3 Å². The third-order valence-corrected chi connectivity index (χ3v) is 5.44. The van der Waals surface area contributed by atoms with Crippen molar-refractivity contribution in [2.45, 2.75) is 19.4 Å². The summed E-state index contributed by atoms with van der Waals surface area (Å²) in [4.78, 5) is 19.5. The summed E-state index contributed by atoms with van der Waals surface area (Å²) in [6.07, 6.45) is 5.06. The molecule has 26 heavy (non-hydrogen) atoms. The van der Waals surface area contributed by atoms with Gasteiger partial charge in [-0.3, -0.25) is 0 Å². The van der Waals surface area contributed by atoms with E-state index in [1.165, 1.54) is 6.33 Å². The lowest BCUT2D eigenvalue weighted by molar-refractivity contribution is 0.276. The standard InChI is InChI=1S/C17H17N7OS/c18-7-11-2-1-5-24(8-11)17-22-13-3-4-19-16(15(13)26-17)23-14-6-12(9-25)20-10-21-14/h3-4,6,10-11,25H,1-2,5,8-9H2,(H,19,20,21,23). The number of hydrogen-bond acceptors (Lipinski definition) is 9. The van der Waals surface area contributed by atoms with Gasteiger partial charge in [0.1, 0.15) is 12.1 Å². The molecule has 1 aliphatic rings. The van der Waals surface area contributed by atoms with Crippen LogP contribution in [0.1, 0.15) is 18.5 Å². The number of aromatic nitrogens is 4. The van der Waals surface area contributed by atoms with E-state index >= 15 is 0 Å². The molecule has 1 atom stereocenters. The Morgan fingerprint density at radius 1 is 1.38 bits per heavy atom. The van der Waals surface area contributed by atoms with Gasteiger partial charge in [0.25, 0.3) is 0 Å². The number of rotatable bonds is 4. The maximum atomic E-state index is 9.22. The van der Waals surface area contributed by atoms with Gasteiger partial charge in [0.2, 0.25) is 0 Å². The van der Waals surface area contributed by atoms with Crippen molar-refractivity contribution in [2.24, 2.45) is 5.92 Å². The van der Waals surface area contributed by atoms with Crippen LogP contribution in [0.4, 0.5) is 16.8 Å². The summed E-state index contributed by atoms with van der Waals surface area (Å²) in [6, 6.07) is 5.93. The zero-order valence-electron chi connectivity index (χ0n) is 14.0. The SMILES string of the molecule is N#CC1CCCN(c2nc3ccnc(Nc4cc(CO)ncn4)c3s2)C1. The molecule has 8 nitrogen and oxygen atoms in total. The summed E-state index contributed by atoms with van der Waals surface area (Å²) < 4.78 is 0.936. The average Bonchev–Trinajstić information content (AvgIpc) is 3.14. The van der Waals surface area contributed by atoms with Gasteiger partial charge in [0.15, 0.2) is 10.9 Å². The minimum Gasteiger partial charge on any atom is -0.390 e. The molecule has 1 aliphatic heterocycles. The van der Waals surface area contributed by atoms with Crippen LogP contribution in [0.5, 0.6) is 0 Å². The molecule has 0 bridgehead atoms. The Labute approximate surface area is 154 Å². The lowest BCUT2D eigenvalue weighted by atomic mass is 10.0. The van der Waals surface area contributed by atoms with Crippen LogP contribution in [0.25, 0.3) is 10.2 Å². The summed E-state index contributed by atoms with van der Waals surface area (Å²) in [6.45, 7) is 1.49. The molecule has 9 heteroatoms. The van der Waals surface area contributed by atoms with Crippen LogP contribution in [0.15, 0.2) is 24.7 Å². The highest BCUT2D eigenvalue weighted by atomic mass is 32.1. The Balaban J connectivity index is 1.64. The number of aliphatic hydroxyl groups excluding tert-OH is 1. The molecule has 1 saturated heterocycles. The maximum Gasteiger partial charge on any atom is 0.186 e. The van der Waals surface area contributed by atoms with E-state index in [2.05, 4.69) is 31.2 Å². The predicted molar refractivity (Wildman–Crippen MR) is 99.2 cm³/mol. The highest BCUT2D eigenvalue weighted by molar-refractivity contribution is 7.22. The van der Waals surface area contributed by atoms with Gasteiger partial charge in [0.05, 0.1) is 34.5 Å². The smallest absolute Gasteiger partial charge is 0.186 e. The number of aliphatic hydroxyl groups is 1. The maximum absolute atomic E-state index is 9.22. The number of nitriles is 1. The van der Waals surface area contributed by atoms with Crippen LogP contribution in [-0.2, 0) is 6.61 Å². The van der Waals surface area contributed by atoms with Crippen molar-refractivity contribution in [3.8, 4) is 6.07 Å². The molecule has 0 saturated carbocycles. The van der Waals surface area contributed by atoms with Crippen molar-refractivity contribution in [3.05, 3.63) is 30.4 Å². The third kappa shape index (κ3) is 3.29. The largest absolute Gasteiger partial charge is 0.390 e. The molecule has 2 N–H and O–H groups in total. The molecular formula is C17H17N7OS. The lowest BCUT2D eigenvalue weighted by Crippen LogP contribution is -2.34. The molecule has 0 amide bonds. The van der Waals surface area contributed by atoms with Gasteiger partial charge in [-0.05, 0) is 18.9 Å². The number of nitrogens with one attached hydrogen (secondary N) is 1. The van der Waals surface area contributed by atoms with E-state index in [4.69, 9.17) is 4.98 Å². The summed E-state index contributed by atoms with van der Waals surface area (Å²) >= 11 is 1.56. The molecule has 4 rings (SSSR count). The van der Waals surface area contributed by atoms with Crippen molar-refractivity contribution in [3.63, 3.8) is 0 Å². The zero-order valence-corrected chi connectivity index (χ0v) is 14.8. The van der Waals surface area contributed by atoms with Gasteiger partial charge < -0.3 is 15.3 Å². The number of piperidine rings is 1. The predicted octanol–water partition coefficient (Wildman–Crippen LogP) is 2.46. The van der Waals surface area contributed by atoms with Crippen LogP contribution in [-0.4, -0.2) is 38.1 Å². The normalized spacial score (nSPS) is 17.2. The van der Waals surface area contributed by atoms with Gasteiger partial charge in [-0.25, -0.2) is 19.9 Å². The van der Waals surface area contributed by atoms with E-state index in [1.807, 2.05) is 6.07 Å². The second-order valence-corrected chi connectivity index (χ2v) is 7.07. The lowest BCUT2D eigenvalue weighted by Gasteiger charge is -2.28. The van der Waals surface area contributed by atoms with Crippen LogP contribution < -0.4 is 10.2 Å². The number of fused-ring (bicyclic) bond motifs is 1. The molecule has 0 radical (unpaired) electrons. The van der Waals surface area contributed by atoms with Crippen LogP contribution >= 0.6 is 11.3 Å². The molecule has 0 aliphatic carbocycles. The van der Waals surface area contributed by atoms with Crippen LogP contribution in [0.3, 0.4) is 0 Å². The Bertz CT molecular complexity index is 967. The van der Waals surface area contributed by atoms with Crippen LogP contribution in [0.2, 0.25) is 0 Å². The van der Waals surface area contributed by atoms with Gasteiger partial charge in [-0.15, -0.1) is 0 Å². The van der Waals surface area contributed by atoms with Crippen molar-refractivity contribution in [2.75, 3.05) is 23.3 Å². The first kappa shape index (κ1) is 16.6. The first-order valence-corrected chi connectivity index (χ1v) is 9.17. The Morgan fingerprint density at radius 3 is 3.15 bits per heavy atom. The van der Waals surface area contributed by atoms with Gasteiger partial charge in [-0.2, -0.15) is 5.26 Å². The summed E-state index contributed by atoms with van der Waals surface area (Å²) in [5, 5.41) is 22.5. The molecule has 3 aromatic heterocycles. The van der Waals surface area contributed by atoms with Crippen molar-refractivity contribution < 1.29 is 5.11 Å². The minimum atomic E-state index is -0.144. The fourth-order valence-corrected chi connectivity index (χ4v) is 4.04. The number of pyridine rings is 1. The molecule has 1 unspecified atom stereocenters. The summed E-state index contributed by atoms with van der Waals surface area (Å²) in [7, 11) is 0. The first-order valence-electron chi connectivity index (χ1n) is 8.35. The second-order valence-electron chi connectivity index (χ2n) is 6.10. The van der Waals surface area contributed by atoms with E-state index in [9.17, 15) is 10.4 Å². The molecule has 132 valence electrons. The number of thiazole rings is 1. The monoisotopic (exact) mass is 367 g/mol. The molecule has 4 heterocycles. The highest BCUT2D eigenvalue weighted by Gasteiger charge is 2.22. The Hall–Kier alpha value is -2.83. The summed E-state index contributed by atoms with van der Waals surface area (Å²) in [5.74, 6) is 1.30. The van der Waals surface area contributed by atoms with Crippen molar-refractivity contribution in [1.82, 2.24) is 19.9 Å². The van der Waals surface area contributed by atoms with E-state index < -0.39 is 0 Å². The van der Waals surface area contributed by atoms with Gasteiger partial charge in [0, 0.05) is 25.4 Å². The highest BCUT2D eigenvalue weighted by Crippen LogP contribution is 2.35. The van der Waals surface area contributed by atoms with E-state index in [0.717, 1.165) is 41.3 Å². The molecule has 0 spiro atoms. The van der Waals surface area contributed by atoms with Crippen molar-refractivity contribution >= 4 is 38.3 Å². The summed E-state index contributed by atoms with van der Waals surface area (Å²) in [5.41, 5.74) is 1.40. The third-order valence-electron chi connectivity index (χ3n) is 4.30. The first-order chi connectivity index (χ1) is 12.8. The number of nitrogens with zero attached hydrogens (tertiary/aromatic N) is 6. The second kappa shape index (κ2) is 7.19. The van der Waals surface area contributed by atoms with E-state index in [1.54, 1.807) is 23.6 Å². The van der Waals surface area contributed by atoms with E-state index in [-0.39, 0.29) is 12.5 Å².